The van der Waals surface area contributed by atoms with Crippen molar-refractivity contribution in [2.75, 3.05) is 6.61 Å². The Hall–Kier alpha value is -5.05. The van der Waals surface area contributed by atoms with E-state index in [1.807, 2.05) is 43.3 Å². The van der Waals surface area contributed by atoms with E-state index in [-0.39, 0.29) is 17.6 Å². The molecule has 1 amide bonds. The molecule has 184 valence electrons. The summed E-state index contributed by atoms with van der Waals surface area (Å²) in [6.45, 7) is 1.49. The number of rotatable bonds is 7. The van der Waals surface area contributed by atoms with E-state index in [9.17, 15) is 14.0 Å². The summed E-state index contributed by atoms with van der Waals surface area (Å²) in [6, 6.07) is 20.4. The predicted octanol–water partition coefficient (Wildman–Crippen LogP) is 4.62. The maximum absolute atomic E-state index is 14.1. The highest BCUT2D eigenvalue weighted by Crippen LogP contribution is 2.32. The second-order valence-corrected chi connectivity index (χ2v) is 8.21. The molecule has 0 bridgehead atoms. The highest BCUT2D eigenvalue weighted by Gasteiger charge is 2.15. The normalized spacial score (nSPS) is 11.2. The molecule has 0 aliphatic carbocycles. The van der Waals surface area contributed by atoms with Crippen LogP contribution < -0.4 is 15.6 Å². The molecule has 5 aromatic rings. The van der Waals surface area contributed by atoms with Gasteiger partial charge in [0, 0.05) is 5.56 Å². The first kappa shape index (κ1) is 23.7. The summed E-state index contributed by atoms with van der Waals surface area (Å²) in [5.41, 5.74) is 5.46. The number of hydrazone groups is 1. The van der Waals surface area contributed by atoms with Gasteiger partial charge in [0.2, 0.25) is 5.43 Å². The first-order chi connectivity index (χ1) is 18.0. The van der Waals surface area contributed by atoms with Gasteiger partial charge >= 0.3 is 0 Å². The van der Waals surface area contributed by atoms with Crippen molar-refractivity contribution in [3.8, 4) is 22.7 Å². The van der Waals surface area contributed by atoms with Crippen LogP contribution in [-0.2, 0) is 4.79 Å². The second kappa shape index (κ2) is 10.3. The van der Waals surface area contributed by atoms with Crippen molar-refractivity contribution in [1.29, 1.82) is 0 Å². The molecule has 0 aliphatic heterocycles. The van der Waals surface area contributed by atoms with Gasteiger partial charge in [0.1, 0.15) is 23.4 Å². The summed E-state index contributed by atoms with van der Waals surface area (Å²) in [5, 5.41) is 8.61. The van der Waals surface area contributed by atoms with Crippen LogP contribution in [0, 0.1) is 12.7 Å². The highest BCUT2D eigenvalue weighted by molar-refractivity contribution is 5.87. The smallest absolute Gasteiger partial charge is 0.277 e. The molecule has 0 unspecified atom stereocenters. The molecule has 2 aromatic heterocycles. The van der Waals surface area contributed by atoms with E-state index >= 15 is 0 Å². The predicted molar refractivity (Wildman–Crippen MR) is 137 cm³/mol. The Morgan fingerprint density at radius 2 is 1.97 bits per heavy atom. The lowest BCUT2D eigenvalue weighted by Crippen LogP contribution is -2.25. The fraction of sp³-hybridized carbons (Fsp3) is 0.0714. The van der Waals surface area contributed by atoms with Gasteiger partial charge in [0.05, 0.1) is 34.7 Å². The third-order valence-electron chi connectivity index (χ3n) is 5.57. The SMILES string of the molecule is Cc1ccc2occ(/C=N/NC(=O)COc3ccc(F)cc3-c3ccnn3-c3ccccc3)c(=O)c2c1. The molecule has 1 N–H and O–H groups in total. The van der Waals surface area contributed by atoms with Gasteiger partial charge in [-0.3, -0.25) is 9.59 Å². The molecule has 0 radical (unpaired) electrons. The van der Waals surface area contributed by atoms with Crippen LogP contribution in [0.3, 0.4) is 0 Å². The number of ether oxygens (including phenoxy) is 1. The third kappa shape index (κ3) is 5.15. The number of aryl methyl sites for hydroxylation is 1. The number of nitrogens with zero attached hydrogens (tertiary/aromatic N) is 3. The maximum Gasteiger partial charge on any atom is 0.277 e. The van der Waals surface area contributed by atoms with Crippen LogP contribution in [0.1, 0.15) is 11.1 Å². The first-order valence-electron chi connectivity index (χ1n) is 11.4. The van der Waals surface area contributed by atoms with Gasteiger partial charge in [-0.05, 0) is 55.5 Å². The van der Waals surface area contributed by atoms with Gasteiger partial charge in [-0.1, -0.05) is 29.8 Å². The second-order valence-electron chi connectivity index (χ2n) is 8.21. The topological polar surface area (TPSA) is 98.7 Å². The largest absolute Gasteiger partial charge is 0.483 e. The number of halogens is 1. The minimum absolute atomic E-state index is 0.189. The van der Waals surface area contributed by atoms with Crippen molar-refractivity contribution in [3.63, 3.8) is 0 Å². The van der Waals surface area contributed by atoms with E-state index < -0.39 is 11.7 Å². The molecule has 2 heterocycles. The zero-order valence-electron chi connectivity index (χ0n) is 19.7. The van der Waals surface area contributed by atoms with Crippen molar-refractivity contribution in [3.05, 3.63) is 112 Å². The third-order valence-corrected chi connectivity index (χ3v) is 5.57. The molecule has 0 aliphatic rings. The Balaban J connectivity index is 1.30. The molecule has 5 rings (SSSR count). The van der Waals surface area contributed by atoms with E-state index in [1.54, 1.807) is 29.1 Å². The minimum Gasteiger partial charge on any atom is -0.483 e. The number of hydrogen-bond acceptors (Lipinski definition) is 6. The van der Waals surface area contributed by atoms with Crippen molar-refractivity contribution >= 4 is 23.1 Å². The number of aromatic nitrogens is 2. The van der Waals surface area contributed by atoms with Gasteiger partial charge in [0.25, 0.3) is 5.91 Å². The van der Waals surface area contributed by atoms with E-state index in [1.165, 1.54) is 30.7 Å². The van der Waals surface area contributed by atoms with Crippen molar-refractivity contribution in [2.24, 2.45) is 5.10 Å². The zero-order valence-corrected chi connectivity index (χ0v) is 19.7. The standard InChI is InChI=1S/C28H21FN4O4/c1-18-7-9-26-23(13-18)28(35)19(16-36-26)15-30-32-27(34)17-37-25-10-8-20(29)14-22(25)24-11-12-31-33(24)21-5-3-2-4-6-21/h2-16H,17H2,1H3,(H,32,34)/b30-15+. The summed E-state index contributed by atoms with van der Waals surface area (Å²) < 4.78 is 27.0. The molecule has 0 saturated heterocycles. The monoisotopic (exact) mass is 496 g/mol. The molecule has 8 nitrogen and oxygen atoms in total. The van der Waals surface area contributed by atoms with E-state index in [2.05, 4.69) is 15.6 Å². The molecule has 0 fully saturated rings. The Labute approximate surface area is 210 Å². The van der Waals surface area contributed by atoms with Crippen molar-refractivity contribution in [2.45, 2.75) is 6.92 Å². The van der Waals surface area contributed by atoms with Crippen LogP contribution in [0.4, 0.5) is 4.39 Å². The average Bonchev–Trinajstić information content (AvgIpc) is 3.40. The fourth-order valence-corrected chi connectivity index (χ4v) is 3.81. The highest BCUT2D eigenvalue weighted by atomic mass is 19.1. The maximum atomic E-state index is 14.1. The summed E-state index contributed by atoms with van der Waals surface area (Å²) in [7, 11) is 0. The number of carbonyl (C=O) groups is 1. The Kier molecular flexibility index (Phi) is 6.58. The number of hydrogen-bond donors (Lipinski definition) is 1. The molecular weight excluding hydrogens is 475 g/mol. The summed E-state index contributed by atoms with van der Waals surface area (Å²) >= 11 is 0. The van der Waals surface area contributed by atoms with Gasteiger partial charge < -0.3 is 9.15 Å². The fourth-order valence-electron chi connectivity index (χ4n) is 3.81. The number of carbonyl (C=O) groups excluding carboxylic acids is 1. The van der Waals surface area contributed by atoms with Crippen LogP contribution in [0.5, 0.6) is 5.75 Å². The van der Waals surface area contributed by atoms with Crippen LogP contribution in [0.2, 0.25) is 0 Å². The Morgan fingerprint density at radius 3 is 2.81 bits per heavy atom. The lowest BCUT2D eigenvalue weighted by Gasteiger charge is -2.13. The van der Waals surface area contributed by atoms with Gasteiger partial charge in [-0.2, -0.15) is 10.2 Å². The molecule has 9 heteroatoms. The first-order valence-corrected chi connectivity index (χ1v) is 11.4. The molecule has 0 atom stereocenters. The molecule has 37 heavy (non-hydrogen) atoms. The van der Waals surface area contributed by atoms with Gasteiger partial charge in [-0.15, -0.1) is 0 Å². The molecule has 0 saturated carbocycles. The van der Waals surface area contributed by atoms with Gasteiger partial charge in [-0.25, -0.2) is 14.5 Å². The molecular formula is C28H21FN4O4. The van der Waals surface area contributed by atoms with Crippen LogP contribution in [0.25, 0.3) is 27.9 Å². The summed E-state index contributed by atoms with van der Waals surface area (Å²) in [5.74, 6) is -0.727. The van der Waals surface area contributed by atoms with E-state index in [4.69, 9.17) is 9.15 Å². The van der Waals surface area contributed by atoms with Gasteiger partial charge in [0.15, 0.2) is 6.61 Å². The minimum atomic E-state index is -0.566. The van der Waals surface area contributed by atoms with Crippen molar-refractivity contribution < 1.29 is 18.3 Å². The molecule has 3 aromatic carbocycles. The lowest BCUT2D eigenvalue weighted by atomic mass is 10.1. The number of fused-ring (bicyclic) bond motifs is 1. The summed E-state index contributed by atoms with van der Waals surface area (Å²) in [4.78, 5) is 25.0. The summed E-state index contributed by atoms with van der Waals surface area (Å²) in [6.07, 6.45) is 4.10. The number of amides is 1. The van der Waals surface area contributed by atoms with Crippen LogP contribution in [0.15, 0.2) is 99.6 Å². The van der Waals surface area contributed by atoms with Crippen LogP contribution in [-0.4, -0.2) is 28.5 Å². The Morgan fingerprint density at radius 1 is 1.14 bits per heavy atom. The average molecular weight is 496 g/mol. The van der Waals surface area contributed by atoms with Crippen molar-refractivity contribution in [1.82, 2.24) is 15.2 Å². The zero-order chi connectivity index (χ0) is 25.8. The lowest BCUT2D eigenvalue weighted by molar-refractivity contribution is -0.123. The van der Waals surface area contributed by atoms with E-state index in [0.717, 1.165) is 11.3 Å². The number of nitrogens with one attached hydrogen (secondary N) is 1. The number of para-hydroxylation sites is 1. The molecule has 0 spiro atoms. The quantitative estimate of drug-likeness (QED) is 0.262. The van der Waals surface area contributed by atoms with Crippen LogP contribution >= 0.6 is 0 Å². The Bertz CT molecular complexity index is 1680. The van der Waals surface area contributed by atoms with E-state index in [0.29, 0.717) is 28.0 Å². The number of benzene rings is 3.